The number of hydrogen-bond acceptors (Lipinski definition) is 5. The van der Waals surface area contributed by atoms with E-state index in [9.17, 15) is 4.79 Å². The molecule has 1 aromatic rings. The van der Waals surface area contributed by atoms with Crippen molar-refractivity contribution < 1.29 is 19.0 Å². The lowest BCUT2D eigenvalue weighted by Crippen LogP contribution is -2.44. The lowest BCUT2D eigenvalue weighted by molar-refractivity contribution is 0.0387. The Hall–Kier alpha value is -1.99. The van der Waals surface area contributed by atoms with Gasteiger partial charge >= 0.3 is 6.03 Å². The Labute approximate surface area is 136 Å². The Kier molecular flexibility index (Phi) is 7.48. The first-order valence-corrected chi connectivity index (χ1v) is 7.86. The van der Waals surface area contributed by atoms with E-state index in [0.717, 1.165) is 44.3 Å². The summed E-state index contributed by atoms with van der Waals surface area (Å²) in [6.07, 6.45) is 0. The van der Waals surface area contributed by atoms with Crippen molar-refractivity contribution in [3.8, 4) is 11.5 Å². The van der Waals surface area contributed by atoms with E-state index < -0.39 is 0 Å². The molecular formula is C16H25N3O4. The van der Waals surface area contributed by atoms with Gasteiger partial charge in [-0.05, 0) is 24.3 Å². The summed E-state index contributed by atoms with van der Waals surface area (Å²) in [7, 11) is 1.62. The summed E-state index contributed by atoms with van der Waals surface area (Å²) in [4.78, 5) is 13.9. The second-order valence-electron chi connectivity index (χ2n) is 5.16. The van der Waals surface area contributed by atoms with Gasteiger partial charge in [0, 0.05) is 26.2 Å². The molecule has 0 bridgehead atoms. The molecule has 7 heteroatoms. The van der Waals surface area contributed by atoms with E-state index >= 15 is 0 Å². The van der Waals surface area contributed by atoms with E-state index in [-0.39, 0.29) is 6.03 Å². The van der Waals surface area contributed by atoms with Gasteiger partial charge in [-0.25, -0.2) is 4.79 Å². The summed E-state index contributed by atoms with van der Waals surface area (Å²) in [6.45, 7) is 5.75. The Morgan fingerprint density at radius 3 is 2.48 bits per heavy atom. The third-order valence-electron chi connectivity index (χ3n) is 3.53. The normalized spacial score (nSPS) is 15.0. The van der Waals surface area contributed by atoms with Gasteiger partial charge in [0.1, 0.15) is 18.1 Å². The SMILES string of the molecule is COc1ccc(OCCNC(=O)NCCN2CCOCC2)cc1. The zero-order chi connectivity index (χ0) is 16.3. The van der Waals surface area contributed by atoms with Crippen LogP contribution in [0.4, 0.5) is 4.79 Å². The summed E-state index contributed by atoms with van der Waals surface area (Å²) in [5.41, 5.74) is 0. The van der Waals surface area contributed by atoms with Crippen LogP contribution in [0.15, 0.2) is 24.3 Å². The predicted molar refractivity (Wildman–Crippen MR) is 87.1 cm³/mol. The van der Waals surface area contributed by atoms with Crippen molar-refractivity contribution in [3.05, 3.63) is 24.3 Å². The minimum Gasteiger partial charge on any atom is -0.497 e. The van der Waals surface area contributed by atoms with Crippen molar-refractivity contribution in [3.63, 3.8) is 0 Å². The molecular weight excluding hydrogens is 298 g/mol. The van der Waals surface area contributed by atoms with Crippen molar-refractivity contribution in [2.45, 2.75) is 0 Å². The van der Waals surface area contributed by atoms with Crippen LogP contribution < -0.4 is 20.1 Å². The Bertz CT molecular complexity index is 461. The summed E-state index contributed by atoms with van der Waals surface area (Å²) in [5, 5.41) is 5.61. The number of methoxy groups -OCH3 is 1. The summed E-state index contributed by atoms with van der Waals surface area (Å²) in [5.74, 6) is 1.54. The van der Waals surface area contributed by atoms with Crippen molar-refractivity contribution in [1.29, 1.82) is 0 Å². The van der Waals surface area contributed by atoms with Crippen molar-refractivity contribution >= 4 is 6.03 Å². The van der Waals surface area contributed by atoms with Crippen molar-refractivity contribution in [2.75, 3.05) is 59.7 Å². The highest BCUT2D eigenvalue weighted by Gasteiger charge is 2.09. The molecule has 0 spiro atoms. The highest BCUT2D eigenvalue weighted by atomic mass is 16.5. The third-order valence-corrected chi connectivity index (χ3v) is 3.53. The molecule has 0 aromatic heterocycles. The molecule has 0 aliphatic carbocycles. The molecule has 23 heavy (non-hydrogen) atoms. The third kappa shape index (κ3) is 6.75. The molecule has 0 unspecified atom stereocenters. The summed E-state index contributed by atoms with van der Waals surface area (Å²) in [6, 6.07) is 7.17. The zero-order valence-corrected chi connectivity index (χ0v) is 13.5. The lowest BCUT2D eigenvalue weighted by atomic mass is 10.3. The monoisotopic (exact) mass is 323 g/mol. The fourth-order valence-corrected chi connectivity index (χ4v) is 2.22. The molecule has 1 fully saturated rings. The van der Waals surface area contributed by atoms with Crippen LogP contribution in [0.5, 0.6) is 11.5 Å². The van der Waals surface area contributed by atoms with Crippen LogP contribution in [-0.4, -0.2) is 70.6 Å². The molecule has 7 nitrogen and oxygen atoms in total. The minimum atomic E-state index is -0.170. The summed E-state index contributed by atoms with van der Waals surface area (Å²) < 4.78 is 15.9. The molecule has 1 aliphatic heterocycles. The Morgan fingerprint density at radius 2 is 1.78 bits per heavy atom. The standard InChI is InChI=1S/C16H25N3O4/c1-21-14-2-4-15(5-3-14)23-11-7-18-16(20)17-6-8-19-9-12-22-13-10-19/h2-5H,6-13H2,1H3,(H2,17,18,20). The molecule has 1 aliphatic rings. The fraction of sp³-hybridized carbons (Fsp3) is 0.562. The van der Waals surface area contributed by atoms with Gasteiger partial charge < -0.3 is 24.8 Å². The maximum atomic E-state index is 11.6. The quantitative estimate of drug-likeness (QED) is 0.689. The highest BCUT2D eigenvalue weighted by Crippen LogP contribution is 2.16. The molecule has 0 saturated carbocycles. The number of urea groups is 1. The lowest BCUT2D eigenvalue weighted by Gasteiger charge is -2.26. The van der Waals surface area contributed by atoms with E-state index in [1.807, 2.05) is 24.3 Å². The van der Waals surface area contributed by atoms with Gasteiger partial charge in [0.25, 0.3) is 0 Å². The average molecular weight is 323 g/mol. The number of carbonyl (C=O) groups is 1. The maximum absolute atomic E-state index is 11.6. The maximum Gasteiger partial charge on any atom is 0.314 e. The van der Waals surface area contributed by atoms with Gasteiger partial charge in [-0.3, -0.25) is 4.90 Å². The second kappa shape index (κ2) is 9.91. The van der Waals surface area contributed by atoms with Crippen LogP contribution in [0.3, 0.4) is 0 Å². The van der Waals surface area contributed by atoms with Gasteiger partial charge in [0.2, 0.25) is 0 Å². The minimum absolute atomic E-state index is 0.170. The molecule has 1 aromatic carbocycles. The smallest absolute Gasteiger partial charge is 0.314 e. The molecule has 0 atom stereocenters. The van der Waals surface area contributed by atoms with Gasteiger partial charge in [-0.15, -0.1) is 0 Å². The van der Waals surface area contributed by atoms with Crippen LogP contribution in [0.25, 0.3) is 0 Å². The first-order chi connectivity index (χ1) is 11.3. The number of carbonyl (C=O) groups excluding carboxylic acids is 1. The first-order valence-electron chi connectivity index (χ1n) is 7.86. The number of hydrogen-bond donors (Lipinski definition) is 2. The number of ether oxygens (including phenoxy) is 3. The number of rotatable bonds is 8. The van der Waals surface area contributed by atoms with Crippen LogP contribution in [0, 0.1) is 0 Å². The number of morpholine rings is 1. The van der Waals surface area contributed by atoms with Crippen LogP contribution in [-0.2, 0) is 4.74 Å². The topological polar surface area (TPSA) is 72.1 Å². The Balaban J connectivity index is 1.50. The zero-order valence-electron chi connectivity index (χ0n) is 13.5. The van der Waals surface area contributed by atoms with E-state index in [1.165, 1.54) is 0 Å². The van der Waals surface area contributed by atoms with Crippen LogP contribution in [0.2, 0.25) is 0 Å². The molecule has 2 rings (SSSR count). The van der Waals surface area contributed by atoms with Crippen molar-refractivity contribution in [2.24, 2.45) is 0 Å². The molecule has 1 heterocycles. The van der Waals surface area contributed by atoms with Crippen LogP contribution in [0.1, 0.15) is 0 Å². The van der Waals surface area contributed by atoms with E-state index in [1.54, 1.807) is 7.11 Å². The van der Waals surface area contributed by atoms with E-state index in [0.29, 0.717) is 19.7 Å². The van der Waals surface area contributed by atoms with E-state index in [2.05, 4.69) is 15.5 Å². The Morgan fingerprint density at radius 1 is 1.13 bits per heavy atom. The molecule has 0 radical (unpaired) electrons. The number of nitrogens with one attached hydrogen (secondary N) is 2. The fourth-order valence-electron chi connectivity index (χ4n) is 2.22. The van der Waals surface area contributed by atoms with Gasteiger partial charge in [-0.1, -0.05) is 0 Å². The van der Waals surface area contributed by atoms with Crippen molar-refractivity contribution in [1.82, 2.24) is 15.5 Å². The van der Waals surface area contributed by atoms with E-state index in [4.69, 9.17) is 14.2 Å². The number of benzene rings is 1. The molecule has 2 amide bonds. The van der Waals surface area contributed by atoms with Gasteiger partial charge in [0.15, 0.2) is 0 Å². The molecule has 128 valence electrons. The van der Waals surface area contributed by atoms with Gasteiger partial charge in [0.05, 0.1) is 26.9 Å². The summed E-state index contributed by atoms with van der Waals surface area (Å²) >= 11 is 0. The predicted octanol–water partition coefficient (Wildman–Crippen LogP) is 0.705. The number of amides is 2. The van der Waals surface area contributed by atoms with Crippen LogP contribution >= 0.6 is 0 Å². The van der Waals surface area contributed by atoms with Gasteiger partial charge in [-0.2, -0.15) is 0 Å². The molecule has 1 saturated heterocycles. The second-order valence-corrected chi connectivity index (χ2v) is 5.16. The first kappa shape index (κ1) is 17.4. The highest BCUT2D eigenvalue weighted by molar-refractivity contribution is 5.73. The average Bonchev–Trinajstić information content (AvgIpc) is 2.60. The molecule has 2 N–H and O–H groups in total. The largest absolute Gasteiger partial charge is 0.497 e. The number of nitrogens with zero attached hydrogens (tertiary/aromatic N) is 1.